The maximum Gasteiger partial charge on any atom is 0.181 e. The summed E-state index contributed by atoms with van der Waals surface area (Å²) >= 11 is 1.22. The monoisotopic (exact) mass is 484 g/mol. The molecule has 0 spiro atoms. The molecule has 3 heterocycles. The minimum atomic E-state index is -3.39. The normalized spacial score (nSPS) is 18.3. The van der Waals surface area contributed by atoms with E-state index in [0.29, 0.717) is 64.1 Å². The Balaban J connectivity index is 1.51. The van der Waals surface area contributed by atoms with Crippen molar-refractivity contribution in [1.82, 2.24) is 14.8 Å². The summed E-state index contributed by atoms with van der Waals surface area (Å²) in [6.07, 6.45) is 6.91. The number of nitrogens with zero attached hydrogens (tertiary/aromatic N) is 4. The second-order valence-electron chi connectivity index (χ2n) is 8.70. The van der Waals surface area contributed by atoms with E-state index in [1.165, 1.54) is 17.5 Å². The highest BCUT2D eigenvalue weighted by molar-refractivity contribution is 7.92. The molecule has 8 nitrogen and oxygen atoms in total. The Morgan fingerprint density at radius 2 is 2.03 bits per heavy atom. The summed E-state index contributed by atoms with van der Waals surface area (Å²) < 4.78 is 33.1. The molecule has 1 atom stereocenters. The van der Waals surface area contributed by atoms with E-state index >= 15 is 0 Å². The van der Waals surface area contributed by atoms with Crippen LogP contribution in [0.1, 0.15) is 48.0 Å². The van der Waals surface area contributed by atoms with Crippen LogP contribution in [0.4, 0.5) is 0 Å². The molecule has 0 amide bonds. The summed E-state index contributed by atoms with van der Waals surface area (Å²) in [6.45, 7) is 1.35. The van der Waals surface area contributed by atoms with Crippen molar-refractivity contribution >= 4 is 37.9 Å². The van der Waals surface area contributed by atoms with Gasteiger partial charge in [-0.1, -0.05) is 6.07 Å². The Labute approximate surface area is 196 Å². The first-order valence-corrected chi connectivity index (χ1v) is 13.5. The third-order valence-corrected chi connectivity index (χ3v) is 9.64. The lowest BCUT2D eigenvalue weighted by molar-refractivity contribution is -0.122. The van der Waals surface area contributed by atoms with Crippen LogP contribution in [0.25, 0.3) is 10.9 Å². The van der Waals surface area contributed by atoms with Gasteiger partial charge in [-0.3, -0.25) is 9.48 Å². The summed E-state index contributed by atoms with van der Waals surface area (Å²) in [5.41, 5.74) is 0.652. The molecule has 5 rings (SSSR count). The van der Waals surface area contributed by atoms with E-state index in [2.05, 4.69) is 16.2 Å². The number of nitriles is 1. The van der Waals surface area contributed by atoms with E-state index in [4.69, 9.17) is 10.00 Å². The molecule has 0 bridgehead atoms. The van der Waals surface area contributed by atoms with Gasteiger partial charge in [-0.05, 0) is 50.2 Å². The molecule has 1 aliphatic heterocycles. The Morgan fingerprint density at radius 1 is 1.24 bits per heavy atom. The van der Waals surface area contributed by atoms with E-state index in [9.17, 15) is 13.2 Å². The number of carbonyl (C=O) groups excluding carboxylic acids is 1. The van der Waals surface area contributed by atoms with Gasteiger partial charge in [0.25, 0.3) is 0 Å². The fourth-order valence-corrected chi connectivity index (χ4v) is 7.05. The first kappa shape index (κ1) is 22.2. The average Bonchev–Trinajstić information content (AvgIpc) is 3.46. The number of rotatable bonds is 8. The highest BCUT2D eigenvalue weighted by Gasteiger charge is 2.38. The Bertz CT molecular complexity index is 1330. The minimum Gasteiger partial charge on any atom is -0.381 e. The van der Waals surface area contributed by atoms with Gasteiger partial charge in [0.2, 0.25) is 0 Å². The van der Waals surface area contributed by atoms with Crippen LogP contribution in [-0.4, -0.2) is 47.4 Å². The third kappa shape index (κ3) is 4.45. The molecule has 2 fully saturated rings. The van der Waals surface area contributed by atoms with Crippen LogP contribution in [-0.2, 0) is 25.8 Å². The van der Waals surface area contributed by atoms with Crippen molar-refractivity contribution in [1.29, 1.82) is 5.26 Å². The standard InChI is InChI=1S/C23H24N4O4S2/c24-12-16-13-25-23(32-16)11-21(28)20(10-15-6-8-31-9-7-15)27-19-2-1-3-22(18(19)14-26-27)33(29,30)17-4-5-17/h1-3,13-15,17,20H,4-11H2/t20-/m1/s1. The predicted molar refractivity (Wildman–Crippen MR) is 123 cm³/mol. The number of sulfone groups is 1. The molecular weight excluding hydrogens is 460 g/mol. The van der Waals surface area contributed by atoms with Gasteiger partial charge in [-0.25, -0.2) is 13.4 Å². The van der Waals surface area contributed by atoms with Gasteiger partial charge in [0.1, 0.15) is 22.0 Å². The van der Waals surface area contributed by atoms with Crippen molar-refractivity contribution in [3.8, 4) is 6.07 Å². The predicted octanol–water partition coefficient (Wildman–Crippen LogP) is 3.47. The lowest BCUT2D eigenvalue weighted by atomic mass is 9.90. The summed E-state index contributed by atoms with van der Waals surface area (Å²) in [5.74, 6) is 0.275. The summed E-state index contributed by atoms with van der Waals surface area (Å²) in [7, 11) is -3.39. The SMILES string of the molecule is N#Cc1cnc(CC(=O)[C@@H](CC2CCOCC2)n2ncc3c(S(=O)(=O)C4CC4)cccc32)s1. The molecule has 2 aromatic heterocycles. The van der Waals surface area contributed by atoms with Crippen molar-refractivity contribution in [2.45, 2.75) is 54.7 Å². The topological polar surface area (TPSA) is 115 Å². The van der Waals surface area contributed by atoms with Crippen LogP contribution in [0.15, 0.2) is 35.5 Å². The fraction of sp³-hybridized carbons (Fsp3) is 0.478. The smallest absolute Gasteiger partial charge is 0.181 e. The Hall–Kier alpha value is -2.61. The van der Waals surface area contributed by atoms with E-state index in [0.717, 1.165) is 12.8 Å². The van der Waals surface area contributed by atoms with Crippen molar-refractivity contribution in [2.75, 3.05) is 13.2 Å². The Morgan fingerprint density at radius 3 is 2.73 bits per heavy atom. The molecule has 10 heteroatoms. The summed E-state index contributed by atoms with van der Waals surface area (Å²) in [6, 6.07) is 6.71. The number of thiazole rings is 1. The zero-order valence-electron chi connectivity index (χ0n) is 18.0. The summed E-state index contributed by atoms with van der Waals surface area (Å²) in [5, 5.41) is 14.5. The fourth-order valence-electron chi connectivity index (χ4n) is 4.47. The van der Waals surface area contributed by atoms with E-state index in [1.54, 1.807) is 23.0 Å². The molecule has 1 saturated carbocycles. The van der Waals surface area contributed by atoms with Crippen molar-refractivity contribution in [3.63, 3.8) is 0 Å². The zero-order chi connectivity index (χ0) is 23.0. The number of hydrogen-bond donors (Lipinski definition) is 0. The lowest BCUT2D eigenvalue weighted by Gasteiger charge is -2.26. The molecule has 0 N–H and O–H groups in total. The molecular formula is C23H24N4O4S2. The molecule has 172 valence electrons. The highest BCUT2D eigenvalue weighted by Crippen LogP contribution is 2.37. The number of ketones is 1. The number of benzene rings is 1. The highest BCUT2D eigenvalue weighted by atomic mass is 32.2. The number of Topliss-reactive ketones (excluding diaryl/α,β-unsaturated/α-hetero) is 1. The van der Waals surface area contributed by atoms with Gasteiger partial charge < -0.3 is 4.74 Å². The molecule has 0 radical (unpaired) electrons. The van der Waals surface area contributed by atoms with E-state index in [-0.39, 0.29) is 17.5 Å². The number of hydrogen-bond acceptors (Lipinski definition) is 8. The van der Waals surface area contributed by atoms with Gasteiger partial charge in [0.15, 0.2) is 15.6 Å². The van der Waals surface area contributed by atoms with Gasteiger partial charge in [-0.15, -0.1) is 11.3 Å². The number of aromatic nitrogens is 3. The van der Waals surface area contributed by atoms with Gasteiger partial charge in [0.05, 0.1) is 34.5 Å². The van der Waals surface area contributed by atoms with Gasteiger partial charge in [-0.2, -0.15) is 10.4 Å². The van der Waals surface area contributed by atoms with Crippen LogP contribution >= 0.6 is 11.3 Å². The van der Waals surface area contributed by atoms with E-state index in [1.807, 2.05) is 6.07 Å². The Kier molecular flexibility index (Phi) is 6.03. The largest absolute Gasteiger partial charge is 0.381 e. The lowest BCUT2D eigenvalue weighted by Crippen LogP contribution is -2.27. The van der Waals surface area contributed by atoms with Gasteiger partial charge in [0, 0.05) is 18.6 Å². The maximum absolute atomic E-state index is 13.5. The van der Waals surface area contributed by atoms with Crippen molar-refractivity contribution in [2.24, 2.45) is 5.92 Å². The quantitative estimate of drug-likeness (QED) is 0.481. The van der Waals surface area contributed by atoms with Crippen LogP contribution < -0.4 is 0 Å². The minimum absolute atomic E-state index is 0.0409. The van der Waals surface area contributed by atoms with Crippen molar-refractivity contribution < 1.29 is 17.9 Å². The second-order valence-corrected chi connectivity index (χ2v) is 12.0. The molecule has 3 aromatic rings. The molecule has 33 heavy (non-hydrogen) atoms. The third-order valence-electron chi connectivity index (χ3n) is 6.42. The van der Waals surface area contributed by atoms with Crippen LogP contribution in [0.2, 0.25) is 0 Å². The number of carbonyl (C=O) groups is 1. The zero-order valence-corrected chi connectivity index (χ0v) is 19.6. The maximum atomic E-state index is 13.5. The second kappa shape index (κ2) is 8.97. The first-order chi connectivity index (χ1) is 16.0. The first-order valence-electron chi connectivity index (χ1n) is 11.1. The average molecular weight is 485 g/mol. The molecule has 0 unspecified atom stereocenters. The molecule has 1 saturated heterocycles. The molecule has 2 aliphatic rings. The number of ether oxygens (including phenoxy) is 1. The van der Waals surface area contributed by atoms with E-state index < -0.39 is 15.9 Å². The van der Waals surface area contributed by atoms with Crippen LogP contribution in [0.3, 0.4) is 0 Å². The van der Waals surface area contributed by atoms with Crippen molar-refractivity contribution in [3.05, 3.63) is 40.5 Å². The summed E-state index contributed by atoms with van der Waals surface area (Å²) in [4.78, 5) is 18.5. The van der Waals surface area contributed by atoms with Crippen LogP contribution in [0, 0.1) is 17.2 Å². The molecule has 1 aliphatic carbocycles. The molecule has 1 aromatic carbocycles. The van der Waals surface area contributed by atoms with Gasteiger partial charge >= 0.3 is 0 Å². The van der Waals surface area contributed by atoms with Crippen LogP contribution in [0.5, 0.6) is 0 Å². The number of fused-ring (bicyclic) bond motifs is 1.